The fourth-order valence-electron chi connectivity index (χ4n) is 3.32. The Morgan fingerprint density at radius 1 is 1.19 bits per heavy atom. The van der Waals surface area contributed by atoms with Crippen LogP contribution in [-0.4, -0.2) is 46.1 Å². The third kappa shape index (κ3) is 3.25. The largest absolute Gasteiger partial charge is 0.354 e. The van der Waals surface area contributed by atoms with Crippen LogP contribution in [0.15, 0.2) is 36.5 Å². The minimum Gasteiger partial charge on any atom is -0.354 e. The Morgan fingerprint density at radius 3 is 2.81 bits per heavy atom. The number of hydrogen-bond donors (Lipinski definition) is 1. The lowest BCUT2D eigenvalue weighted by molar-refractivity contribution is -0.384. The average molecular weight is 363 g/mol. The predicted molar refractivity (Wildman–Crippen MR) is 101 cm³/mol. The highest BCUT2D eigenvalue weighted by Crippen LogP contribution is 2.24. The van der Waals surface area contributed by atoms with E-state index in [1.54, 1.807) is 24.4 Å². The van der Waals surface area contributed by atoms with Crippen molar-refractivity contribution >= 4 is 28.5 Å². The number of anilines is 2. The highest BCUT2D eigenvalue weighted by atomic mass is 16.6. The number of nitrogens with one attached hydrogen (secondary N) is 1. The molecule has 0 radical (unpaired) electrons. The van der Waals surface area contributed by atoms with Crippen molar-refractivity contribution in [2.75, 3.05) is 36.0 Å². The second kappa shape index (κ2) is 6.92. The molecule has 136 valence electrons. The molecule has 9 nitrogen and oxygen atoms in total. The Balaban J connectivity index is 1.55. The Morgan fingerprint density at radius 2 is 2.00 bits per heavy atom. The molecule has 1 aliphatic heterocycles. The number of imidazole rings is 1. The first-order chi connectivity index (χ1) is 13.2. The molecule has 0 saturated carbocycles. The molecule has 27 heavy (non-hydrogen) atoms. The van der Waals surface area contributed by atoms with Gasteiger partial charge in [-0.05, 0) is 24.6 Å². The van der Waals surface area contributed by atoms with Crippen LogP contribution in [0.5, 0.6) is 0 Å². The Labute approximate surface area is 155 Å². The van der Waals surface area contributed by atoms with E-state index < -0.39 is 4.92 Å². The summed E-state index contributed by atoms with van der Waals surface area (Å²) in [5.74, 6) is 1.41. The molecule has 1 N–H and O–H groups in total. The lowest BCUT2D eigenvalue weighted by Crippen LogP contribution is -2.32. The number of non-ortho nitro benzene ring substituents is 1. The molecule has 0 amide bonds. The van der Waals surface area contributed by atoms with E-state index in [0.717, 1.165) is 19.5 Å². The standard InChI is InChI=1S/C18H17N7O2/c19-12-13-3-1-6-20-17(13)23-7-2-8-24(10-9-23)18-21-15-5-4-14(25(26)27)11-16(15)22-18/h1,3-6,11H,2,7-10H2,(H,21,22). The van der Waals surface area contributed by atoms with Crippen molar-refractivity contribution in [1.29, 1.82) is 5.26 Å². The van der Waals surface area contributed by atoms with E-state index in [1.165, 1.54) is 12.1 Å². The van der Waals surface area contributed by atoms with E-state index in [0.29, 0.717) is 41.5 Å². The molecule has 9 heteroatoms. The summed E-state index contributed by atoms with van der Waals surface area (Å²) in [6, 6.07) is 10.4. The summed E-state index contributed by atoms with van der Waals surface area (Å²) in [7, 11) is 0. The monoisotopic (exact) mass is 363 g/mol. The Bertz CT molecular complexity index is 1040. The van der Waals surface area contributed by atoms with E-state index in [9.17, 15) is 15.4 Å². The van der Waals surface area contributed by atoms with Crippen LogP contribution in [0.25, 0.3) is 11.0 Å². The van der Waals surface area contributed by atoms with Crippen molar-refractivity contribution in [3.8, 4) is 6.07 Å². The van der Waals surface area contributed by atoms with Gasteiger partial charge in [-0.25, -0.2) is 9.97 Å². The number of H-pyrrole nitrogens is 1. The van der Waals surface area contributed by atoms with Gasteiger partial charge in [0.1, 0.15) is 11.9 Å². The molecular weight excluding hydrogens is 346 g/mol. The van der Waals surface area contributed by atoms with Crippen molar-refractivity contribution in [3.63, 3.8) is 0 Å². The summed E-state index contributed by atoms with van der Waals surface area (Å²) in [5, 5.41) is 20.2. The zero-order valence-corrected chi connectivity index (χ0v) is 14.5. The predicted octanol–water partition coefficient (Wildman–Crippen LogP) is 2.45. The van der Waals surface area contributed by atoms with Gasteiger partial charge in [-0.1, -0.05) is 0 Å². The first-order valence-corrected chi connectivity index (χ1v) is 8.65. The minimum absolute atomic E-state index is 0.0407. The maximum absolute atomic E-state index is 10.9. The third-order valence-corrected chi connectivity index (χ3v) is 4.67. The fourth-order valence-corrected chi connectivity index (χ4v) is 3.32. The van der Waals surface area contributed by atoms with Crippen LogP contribution in [0.2, 0.25) is 0 Å². The molecule has 4 rings (SSSR count). The SMILES string of the molecule is N#Cc1cccnc1N1CCCN(c2nc3ccc([N+](=O)[O-])cc3[nH]2)CC1. The number of hydrogen-bond acceptors (Lipinski definition) is 7. The highest BCUT2D eigenvalue weighted by molar-refractivity contribution is 5.80. The van der Waals surface area contributed by atoms with Crippen molar-refractivity contribution < 1.29 is 4.92 Å². The molecule has 0 atom stereocenters. The Kier molecular flexibility index (Phi) is 4.30. The maximum Gasteiger partial charge on any atom is 0.271 e. The molecule has 1 aromatic carbocycles. The lowest BCUT2D eigenvalue weighted by atomic mass is 10.2. The molecule has 0 aliphatic carbocycles. The fraction of sp³-hybridized carbons (Fsp3) is 0.278. The lowest BCUT2D eigenvalue weighted by Gasteiger charge is -2.23. The van der Waals surface area contributed by atoms with Gasteiger partial charge in [-0.3, -0.25) is 10.1 Å². The van der Waals surface area contributed by atoms with E-state index in [1.807, 2.05) is 0 Å². The maximum atomic E-state index is 10.9. The molecule has 0 spiro atoms. The number of nitro groups is 1. The number of nitro benzene ring substituents is 1. The van der Waals surface area contributed by atoms with Gasteiger partial charge in [0.15, 0.2) is 0 Å². The summed E-state index contributed by atoms with van der Waals surface area (Å²) in [4.78, 5) is 26.9. The third-order valence-electron chi connectivity index (χ3n) is 4.67. The summed E-state index contributed by atoms with van der Waals surface area (Å²) >= 11 is 0. The normalized spacial score (nSPS) is 14.8. The van der Waals surface area contributed by atoms with Gasteiger partial charge in [-0.15, -0.1) is 0 Å². The Hall–Kier alpha value is -3.67. The van der Waals surface area contributed by atoms with Crippen molar-refractivity contribution in [2.24, 2.45) is 0 Å². The molecule has 1 fully saturated rings. The van der Waals surface area contributed by atoms with Gasteiger partial charge >= 0.3 is 0 Å². The first-order valence-electron chi connectivity index (χ1n) is 8.65. The van der Waals surface area contributed by atoms with Crippen LogP contribution >= 0.6 is 0 Å². The van der Waals surface area contributed by atoms with Crippen LogP contribution in [0, 0.1) is 21.4 Å². The zero-order chi connectivity index (χ0) is 18.8. The van der Waals surface area contributed by atoms with E-state index >= 15 is 0 Å². The quantitative estimate of drug-likeness (QED) is 0.561. The molecule has 0 bridgehead atoms. The van der Waals surface area contributed by atoms with Gasteiger partial charge in [0.2, 0.25) is 5.95 Å². The zero-order valence-electron chi connectivity index (χ0n) is 14.5. The second-order valence-corrected chi connectivity index (χ2v) is 6.33. The van der Waals surface area contributed by atoms with Crippen LogP contribution in [0.4, 0.5) is 17.5 Å². The molecule has 3 heterocycles. The van der Waals surface area contributed by atoms with Crippen LogP contribution in [-0.2, 0) is 0 Å². The van der Waals surface area contributed by atoms with Gasteiger partial charge < -0.3 is 14.8 Å². The molecule has 0 unspecified atom stereocenters. The van der Waals surface area contributed by atoms with Gasteiger partial charge in [-0.2, -0.15) is 5.26 Å². The van der Waals surface area contributed by atoms with E-state index in [2.05, 4.69) is 30.8 Å². The highest BCUT2D eigenvalue weighted by Gasteiger charge is 2.20. The van der Waals surface area contributed by atoms with Gasteiger partial charge in [0.05, 0.1) is 21.5 Å². The number of nitriles is 1. The van der Waals surface area contributed by atoms with Gasteiger partial charge in [0.25, 0.3) is 5.69 Å². The first kappa shape index (κ1) is 16.8. The number of nitrogens with zero attached hydrogens (tertiary/aromatic N) is 6. The summed E-state index contributed by atoms with van der Waals surface area (Å²) in [6.45, 7) is 3.02. The number of aromatic nitrogens is 3. The van der Waals surface area contributed by atoms with E-state index in [-0.39, 0.29) is 5.69 Å². The summed E-state index contributed by atoms with van der Waals surface area (Å²) in [5.41, 5.74) is 1.96. The topological polar surface area (TPSA) is 115 Å². The van der Waals surface area contributed by atoms with Crippen LogP contribution < -0.4 is 9.80 Å². The average Bonchev–Trinajstić information content (AvgIpc) is 2.96. The van der Waals surface area contributed by atoms with E-state index in [4.69, 9.17) is 0 Å². The minimum atomic E-state index is -0.413. The van der Waals surface area contributed by atoms with Crippen LogP contribution in [0.3, 0.4) is 0 Å². The summed E-state index contributed by atoms with van der Waals surface area (Å²) < 4.78 is 0. The number of benzene rings is 1. The number of rotatable bonds is 3. The smallest absolute Gasteiger partial charge is 0.271 e. The number of aromatic amines is 1. The second-order valence-electron chi connectivity index (χ2n) is 6.33. The molecule has 1 saturated heterocycles. The van der Waals surface area contributed by atoms with Crippen molar-refractivity contribution in [1.82, 2.24) is 15.0 Å². The molecular formula is C18H17N7O2. The molecule has 1 aliphatic rings. The van der Waals surface area contributed by atoms with Crippen LogP contribution in [0.1, 0.15) is 12.0 Å². The van der Waals surface area contributed by atoms with Gasteiger partial charge in [0, 0.05) is 44.5 Å². The van der Waals surface area contributed by atoms with Crippen molar-refractivity contribution in [3.05, 3.63) is 52.2 Å². The number of fused-ring (bicyclic) bond motifs is 1. The van der Waals surface area contributed by atoms with Crippen molar-refractivity contribution in [2.45, 2.75) is 6.42 Å². The molecule has 3 aromatic rings. The summed E-state index contributed by atoms with van der Waals surface area (Å²) in [6.07, 6.45) is 2.59. The number of pyridine rings is 1. The molecule has 2 aromatic heterocycles.